The van der Waals surface area contributed by atoms with Crippen LogP contribution in [0.15, 0.2) is 60.7 Å². The highest BCUT2D eigenvalue weighted by Crippen LogP contribution is 2.60. The van der Waals surface area contributed by atoms with E-state index in [1.807, 2.05) is 48.5 Å². The van der Waals surface area contributed by atoms with Gasteiger partial charge in [0.25, 0.3) is 5.91 Å². The van der Waals surface area contributed by atoms with Gasteiger partial charge in [-0.15, -0.1) is 0 Å². The number of carbonyl (C=O) groups is 2. The topological polar surface area (TPSA) is 37.4 Å². The highest BCUT2D eigenvalue weighted by Gasteiger charge is 2.56. The maximum atomic E-state index is 13.9. The maximum Gasteiger partial charge on any atom is 0.265 e. The molecule has 0 aliphatic heterocycles. The zero-order chi connectivity index (χ0) is 18.4. The lowest BCUT2D eigenvalue weighted by molar-refractivity contribution is -0.142. The van der Waals surface area contributed by atoms with Gasteiger partial charge in [-0.25, -0.2) is 4.90 Å². The molecule has 6 rings (SSSR count). The molecule has 27 heavy (non-hydrogen) atoms. The second kappa shape index (κ2) is 6.33. The summed E-state index contributed by atoms with van der Waals surface area (Å²) in [6.07, 6.45) is 6.73. The molecular formula is C24H25NO2. The SMILES string of the molecule is O=C(c1ccccc1)N(C(=O)C12CC3CC(CC(C3)C1)C2)c1ccccc1. The molecule has 3 nitrogen and oxygen atoms in total. The van der Waals surface area contributed by atoms with Gasteiger partial charge in [0, 0.05) is 5.56 Å². The fourth-order valence-corrected chi connectivity index (χ4v) is 6.22. The number of anilines is 1. The summed E-state index contributed by atoms with van der Waals surface area (Å²) in [6, 6.07) is 18.7. The largest absolute Gasteiger partial charge is 0.273 e. The van der Waals surface area contributed by atoms with Crippen molar-refractivity contribution in [3.8, 4) is 0 Å². The molecule has 0 aromatic heterocycles. The first-order valence-electron chi connectivity index (χ1n) is 10.1. The summed E-state index contributed by atoms with van der Waals surface area (Å²) in [5.74, 6) is 1.84. The average Bonchev–Trinajstić information content (AvgIpc) is 2.68. The predicted octanol–water partition coefficient (Wildman–Crippen LogP) is 5.08. The van der Waals surface area contributed by atoms with Gasteiger partial charge in [0.15, 0.2) is 0 Å². The Balaban J connectivity index is 1.55. The molecule has 0 radical (unpaired) electrons. The fraction of sp³-hybridized carbons (Fsp3) is 0.417. The summed E-state index contributed by atoms with van der Waals surface area (Å²) >= 11 is 0. The van der Waals surface area contributed by atoms with Crippen LogP contribution in [0.1, 0.15) is 48.9 Å². The van der Waals surface area contributed by atoms with Crippen molar-refractivity contribution in [1.29, 1.82) is 0 Å². The van der Waals surface area contributed by atoms with E-state index in [0.717, 1.165) is 19.3 Å². The highest BCUT2D eigenvalue weighted by molar-refractivity contribution is 6.22. The van der Waals surface area contributed by atoms with Crippen LogP contribution in [-0.4, -0.2) is 11.8 Å². The quantitative estimate of drug-likeness (QED) is 0.717. The molecule has 0 heterocycles. The molecule has 0 N–H and O–H groups in total. The Labute approximate surface area is 160 Å². The summed E-state index contributed by atoms with van der Waals surface area (Å²) in [5, 5.41) is 0. The number of hydrogen-bond donors (Lipinski definition) is 0. The molecule has 2 aromatic carbocycles. The third-order valence-electron chi connectivity index (χ3n) is 6.93. The summed E-state index contributed by atoms with van der Waals surface area (Å²) in [5.41, 5.74) is 0.918. The molecule has 4 saturated carbocycles. The molecule has 4 bridgehead atoms. The molecule has 0 atom stereocenters. The second-order valence-electron chi connectivity index (χ2n) is 8.85. The van der Waals surface area contributed by atoms with Crippen molar-refractivity contribution in [3.05, 3.63) is 66.2 Å². The zero-order valence-electron chi connectivity index (χ0n) is 15.5. The molecule has 4 fully saturated rings. The van der Waals surface area contributed by atoms with E-state index in [0.29, 0.717) is 29.0 Å². The minimum atomic E-state index is -0.338. The van der Waals surface area contributed by atoms with Crippen LogP contribution in [0, 0.1) is 23.2 Å². The van der Waals surface area contributed by atoms with E-state index in [9.17, 15) is 9.59 Å². The third kappa shape index (κ3) is 2.80. The number of amides is 2. The van der Waals surface area contributed by atoms with E-state index in [4.69, 9.17) is 0 Å². The van der Waals surface area contributed by atoms with Gasteiger partial charge in [-0.3, -0.25) is 9.59 Å². The van der Waals surface area contributed by atoms with Crippen LogP contribution < -0.4 is 4.90 Å². The van der Waals surface area contributed by atoms with E-state index in [2.05, 4.69) is 0 Å². The van der Waals surface area contributed by atoms with Crippen LogP contribution >= 0.6 is 0 Å². The van der Waals surface area contributed by atoms with Gasteiger partial charge in [-0.05, 0) is 80.5 Å². The van der Waals surface area contributed by atoms with Crippen LogP contribution in [0.3, 0.4) is 0 Å². The van der Waals surface area contributed by atoms with Crippen LogP contribution in [0.25, 0.3) is 0 Å². The van der Waals surface area contributed by atoms with Crippen LogP contribution in [-0.2, 0) is 4.79 Å². The lowest BCUT2D eigenvalue weighted by Gasteiger charge is -2.56. The minimum Gasteiger partial charge on any atom is -0.273 e. The fourth-order valence-electron chi connectivity index (χ4n) is 6.22. The van der Waals surface area contributed by atoms with Gasteiger partial charge in [0.2, 0.25) is 5.91 Å². The minimum absolute atomic E-state index is 0.0293. The molecule has 2 amide bonds. The van der Waals surface area contributed by atoms with E-state index in [1.54, 1.807) is 12.1 Å². The molecule has 4 aliphatic rings. The van der Waals surface area contributed by atoms with Crippen molar-refractivity contribution in [2.75, 3.05) is 4.90 Å². The van der Waals surface area contributed by atoms with Crippen LogP contribution in [0.5, 0.6) is 0 Å². The molecule has 0 unspecified atom stereocenters. The van der Waals surface area contributed by atoms with Gasteiger partial charge < -0.3 is 0 Å². The molecule has 0 spiro atoms. The van der Waals surface area contributed by atoms with Crippen molar-refractivity contribution < 1.29 is 9.59 Å². The summed E-state index contributed by atoms with van der Waals surface area (Å²) < 4.78 is 0. The highest BCUT2D eigenvalue weighted by atomic mass is 16.2. The van der Waals surface area contributed by atoms with Gasteiger partial charge in [-0.2, -0.15) is 0 Å². The van der Waals surface area contributed by atoms with Crippen LogP contribution in [0.2, 0.25) is 0 Å². The Morgan fingerprint density at radius 1 is 0.741 bits per heavy atom. The number of hydrogen-bond acceptors (Lipinski definition) is 2. The first-order valence-corrected chi connectivity index (χ1v) is 10.1. The Hall–Kier alpha value is -2.42. The lowest BCUT2D eigenvalue weighted by atomic mass is 9.49. The van der Waals surface area contributed by atoms with E-state index in [-0.39, 0.29) is 17.2 Å². The Morgan fingerprint density at radius 2 is 1.22 bits per heavy atom. The number of benzene rings is 2. The molecule has 138 valence electrons. The van der Waals surface area contributed by atoms with Crippen molar-refractivity contribution in [2.45, 2.75) is 38.5 Å². The number of imide groups is 1. The predicted molar refractivity (Wildman–Crippen MR) is 105 cm³/mol. The van der Waals surface area contributed by atoms with Gasteiger partial charge in [-0.1, -0.05) is 36.4 Å². The second-order valence-corrected chi connectivity index (χ2v) is 8.85. The molecule has 0 saturated heterocycles. The van der Waals surface area contributed by atoms with Crippen molar-refractivity contribution in [3.63, 3.8) is 0 Å². The van der Waals surface area contributed by atoms with E-state index >= 15 is 0 Å². The summed E-state index contributed by atoms with van der Waals surface area (Å²) in [4.78, 5) is 28.8. The molecule has 4 aliphatic carbocycles. The van der Waals surface area contributed by atoms with Gasteiger partial charge in [0.05, 0.1) is 11.1 Å². The average molecular weight is 359 g/mol. The van der Waals surface area contributed by atoms with E-state index in [1.165, 1.54) is 24.2 Å². The summed E-state index contributed by atoms with van der Waals surface area (Å²) in [7, 11) is 0. The van der Waals surface area contributed by atoms with Gasteiger partial charge in [0.1, 0.15) is 0 Å². The molecule has 2 aromatic rings. The number of nitrogens with zero attached hydrogens (tertiary/aromatic N) is 1. The number of para-hydroxylation sites is 1. The van der Waals surface area contributed by atoms with Crippen molar-refractivity contribution in [1.82, 2.24) is 0 Å². The lowest BCUT2D eigenvalue weighted by Crippen LogP contribution is -2.56. The smallest absolute Gasteiger partial charge is 0.265 e. The number of rotatable bonds is 3. The third-order valence-corrected chi connectivity index (χ3v) is 6.93. The zero-order valence-corrected chi connectivity index (χ0v) is 15.5. The molecule has 3 heteroatoms. The van der Waals surface area contributed by atoms with Crippen LogP contribution in [0.4, 0.5) is 5.69 Å². The Kier molecular flexibility index (Phi) is 3.92. The van der Waals surface area contributed by atoms with Crippen molar-refractivity contribution >= 4 is 17.5 Å². The monoisotopic (exact) mass is 359 g/mol. The number of carbonyl (C=O) groups excluding carboxylic acids is 2. The van der Waals surface area contributed by atoms with Crippen molar-refractivity contribution in [2.24, 2.45) is 23.2 Å². The maximum absolute atomic E-state index is 13.9. The normalized spacial score (nSPS) is 30.9. The Morgan fingerprint density at radius 3 is 1.74 bits per heavy atom. The van der Waals surface area contributed by atoms with Gasteiger partial charge >= 0.3 is 0 Å². The summed E-state index contributed by atoms with van der Waals surface area (Å²) in [6.45, 7) is 0. The first kappa shape index (κ1) is 16.7. The molecular weight excluding hydrogens is 334 g/mol. The first-order chi connectivity index (χ1) is 13.1. The Bertz CT molecular complexity index is 823. The van der Waals surface area contributed by atoms with E-state index < -0.39 is 0 Å². The standard InChI is InChI=1S/C24H25NO2/c26-22(20-7-3-1-4-8-20)25(21-9-5-2-6-10-21)23(27)24-14-17-11-18(15-24)13-19(12-17)16-24/h1-10,17-19H,11-16H2.